The van der Waals surface area contributed by atoms with Gasteiger partial charge in [-0.05, 0) is 55.6 Å². The summed E-state index contributed by atoms with van der Waals surface area (Å²) in [5.41, 5.74) is 3.77. The van der Waals surface area contributed by atoms with Crippen molar-refractivity contribution in [2.24, 2.45) is 0 Å². The van der Waals surface area contributed by atoms with E-state index >= 15 is 0 Å². The van der Waals surface area contributed by atoms with Crippen LogP contribution in [0.25, 0.3) is 0 Å². The van der Waals surface area contributed by atoms with Crippen LogP contribution in [0.5, 0.6) is 0 Å². The number of thioether (sulfide) groups is 1. The first kappa shape index (κ1) is 18.0. The van der Waals surface area contributed by atoms with E-state index in [9.17, 15) is 4.79 Å². The van der Waals surface area contributed by atoms with E-state index in [-0.39, 0.29) is 5.91 Å². The summed E-state index contributed by atoms with van der Waals surface area (Å²) in [6.45, 7) is 6.05. The van der Waals surface area contributed by atoms with Crippen LogP contribution in [-0.2, 0) is 17.9 Å². The maximum absolute atomic E-state index is 12.2. The monoisotopic (exact) mass is 354 g/mol. The molecule has 1 fully saturated rings. The number of nitrogens with one attached hydrogen (secondary N) is 1. The first-order valence-corrected chi connectivity index (χ1v) is 9.95. The molecule has 1 saturated heterocycles. The average Bonchev–Trinajstić information content (AvgIpc) is 3.13. The van der Waals surface area contributed by atoms with Gasteiger partial charge in [0.05, 0.1) is 5.75 Å². The van der Waals surface area contributed by atoms with E-state index in [1.54, 1.807) is 11.8 Å². The fraction of sp³-hybridized carbons (Fsp3) is 0.381. The van der Waals surface area contributed by atoms with E-state index in [1.807, 2.05) is 12.1 Å². The van der Waals surface area contributed by atoms with Gasteiger partial charge >= 0.3 is 0 Å². The van der Waals surface area contributed by atoms with Gasteiger partial charge in [-0.1, -0.05) is 42.5 Å². The molecule has 2 aromatic rings. The quantitative estimate of drug-likeness (QED) is 0.763. The average molecular weight is 355 g/mol. The van der Waals surface area contributed by atoms with Gasteiger partial charge in [0, 0.05) is 18.0 Å². The van der Waals surface area contributed by atoms with Gasteiger partial charge in [-0.25, -0.2) is 0 Å². The molecule has 1 heterocycles. The molecule has 1 amide bonds. The van der Waals surface area contributed by atoms with Crippen molar-refractivity contribution in [2.75, 3.05) is 18.8 Å². The van der Waals surface area contributed by atoms with Crippen LogP contribution in [0.2, 0.25) is 0 Å². The largest absolute Gasteiger partial charge is 0.351 e. The Kier molecular flexibility index (Phi) is 6.54. The number of carbonyl (C=O) groups excluding carboxylic acids is 1. The highest BCUT2D eigenvalue weighted by Gasteiger charge is 2.14. The van der Waals surface area contributed by atoms with Gasteiger partial charge in [0.25, 0.3) is 0 Å². The summed E-state index contributed by atoms with van der Waals surface area (Å²) in [4.78, 5) is 15.9. The Labute approximate surface area is 154 Å². The maximum atomic E-state index is 12.2. The molecule has 0 spiro atoms. The summed E-state index contributed by atoms with van der Waals surface area (Å²) in [5.74, 6) is 0.545. The molecule has 0 saturated carbocycles. The van der Waals surface area contributed by atoms with Gasteiger partial charge in [-0.2, -0.15) is 0 Å². The molecule has 0 aliphatic carbocycles. The number of aryl methyl sites for hydroxylation is 1. The smallest absolute Gasteiger partial charge is 0.230 e. The number of amides is 1. The van der Waals surface area contributed by atoms with Gasteiger partial charge in [0.2, 0.25) is 5.91 Å². The minimum atomic E-state index is 0.0872. The second-order valence-electron chi connectivity index (χ2n) is 6.58. The van der Waals surface area contributed by atoms with Crippen LogP contribution in [0.15, 0.2) is 53.4 Å². The second-order valence-corrected chi connectivity index (χ2v) is 7.60. The van der Waals surface area contributed by atoms with E-state index in [0.717, 1.165) is 6.54 Å². The van der Waals surface area contributed by atoms with E-state index in [0.29, 0.717) is 12.3 Å². The third-order valence-electron chi connectivity index (χ3n) is 4.64. The van der Waals surface area contributed by atoms with Crippen LogP contribution in [0.3, 0.4) is 0 Å². The van der Waals surface area contributed by atoms with Crippen molar-refractivity contribution in [1.29, 1.82) is 0 Å². The van der Waals surface area contributed by atoms with Crippen molar-refractivity contribution in [1.82, 2.24) is 10.2 Å². The first-order valence-electron chi connectivity index (χ1n) is 8.96. The summed E-state index contributed by atoms with van der Waals surface area (Å²) >= 11 is 1.60. The zero-order valence-electron chi connectivity index (χ0n) is 14.8. The summed E-state index contributed by atoms with van der Waals surface area (Å²) in [6, 6.07) is 16.6. The number of hydrogen-bond acceptors (Lipinski definition) is 3. The van der Waals surface area contributed by atoms with Crippen LogP contribution >= 0.6 is 11.8 Å². The van der Waals surface area contributed by atoms with Crippen molar-refractivity contribution in [2.45, 2.75) is 37.8 Å². The minimum Gasteiger partial charge on any atom is -0.351 e. The number of benzene rings is 2. The molecule has 2 aromatic carbocycles. The van der Waals surface area contributed by atoms with Gasteiger partial charge in [-0.15, -0.1) is 11.8 Å². The number of nitrogens with zero attached hydrogens (tertiary/aromatic N) is 1. The normalized spacial score (nSPS) is 14.6. The molecular formula is C21H26N2OS. The predicted octanol–water partition coefficient (Wildman–Crippen LogP) is 4.00. The van der Waals surface area contributed by atoms with E-state index in [4.69, 9.17) is 0 Å². The Morgan fingerprint density at radius 2 is 1.72 bits per heavy atom. The topological polar surface area (TPSA) is 32.3 Å². The van der Waals surface area contributed by atoms with Crippen molar-refractivity contribution in [3.8, 4) is 0 Å². The Morgan fingerprint density at radius 3 is 2.48 bits per heavy atom. The lowest BCUT2D eigenvalue weighted by molar-refractivity contribution is -0.118. The molecule has 3 rings (SSSR count). The summed E-state index contributed by atoms with van der Waals surface area (Å²) in [5, 5.41) is 3.08. The Balaban J connectivity index is 1.51. The van der Waals surface area contributed by atoms with E-state index in [2.05, 4.69) is 53.5 Å². The molecule has 0 unspecified atom stereocenters. The van der Waals surface area contributed by atoms with Gasteiger partial charge < -0.3 is 5.32 Å². The summed E-state index contributed by atoms with van der Waals surface area (Å²) in [6.07, 6.45) is 2.60. The fourth-order valence-electron chi connectivity index (χ4n) is 3.17. The molecule has 0 atom stereocenters. The Morgan fingerprint density at radius 1 is 1.04 bits per heavy atom. The molecule has 3 nitrogen and oxygen atoms in total. The molecular weight excluding hydrogens is 328 g/mol. The van der Waals surface area contributed by atoms with Gasteiger partial charge in [-0.3, -0.25) is 9.69 Å². The molecule has 0 aromatic heterocycles. The lowest BCUT2D eigenvalue weighted by atomic mass is 10.1. The predicted molar refractivity (Wildman–Crippen MR) is 105 cm³/mol. The second kappa shape index (κ2) is 9.07. The molecule has 1 aliphatic heterocycles. The van der Waals surface area contributed by atoms with Crippen LogP contribution in [0.4, 0.5) is 0 Å². The summed E-state index contributed by atoms with van der Waals surface area (Å²) < 4.78 is 0. The Hall–Kier alpha value is -1.78. The molecule has 25 heavy (non-hydrogen) atoms. The van der Waals surface area contributed by atoms with Crippen LogP contribution in [0, 0.1) is 6.92 Å². The first-order chi connectivity index (χ1) is 12.2. The number of hydrogen-bond donors (Lipinski definition) is 1. The molecule has 132 valence electrons. The van der Waals surface area contributed by atoms with Gasteiger partial charge in [0.15, 0.2) is 0 Å². The highest BCUT2D eigenvalue weighted by atomic mass is 32.2. The van der Waals surface area contributed by atoms with Gasteiger partial charge in [0.1, 0.15) is 0 Å². The lowest BCUT2D eigenvalue weighted by Crippen LogP contribution is -2.26. The molecule has 1 N–H and O–H groups in total. The van der Waals surface area contributed by atoms with Crippen LogP contribution in [0.1, 0.15) is 29.5 Å². The Bertz CT molecular complexity index is 711. The molecule has 4 heteroatoms. The van der Waals surface area contributed by atoms with E-state index < -0.39 is 0 Å². The highest BCUT2D eigenvalue weighted by molar-refractivity contribution is 8.00. The number of rotatable bonds is 7. The zero-order chi connectivity index (χ0) is 17.5. The minimum absolute atomic E-state index is 0.0872. The van der Waals surface area contributed by atoms with Crippen molar-refractivity contribution in [3.63, 3.8) is 0 Å². The van der Waals surface area contributed by atoms with Crippen molar-refractivity contribution < 1.29 is 4.79 Å². The fourth-order valence-corrected chi connectivity index (χ4v) is 4.03. The zero-order valence-corrected chi connectivity index (χ0v) is 15.6. The SMILES string of the molecule is Cc1ccccc1SCC(=O)NCc1ccccc1CN1CCCC1. The number of likely N-dealkylation sites (tertiary alicyclic amines) is 1. The van der Waals surface area contributed by atoms with Crippen LogP contribution in [-0.4, -0.2) is 29.6 Å². The lowest BCUT2D eigenvalue weighted by Gasteiger charge is -2.17. The van der Waals surface area contributed by atoms with Crippen LogP contribution < -0.4 is 5.32 Å². The molecule has 0 bridgehead atoms. The van der Waals surface area contributed by atoms with Crippen molar-refractivity contribution in [3.05, 3.63) is 65.2 Å². The molecule has 0 radical (unpaired) electrons. The van der Waals surface area contributed by atoms with E-state index in [1.165, 1.54) is 47.5 Å². The number of carbonyl (C=O) groups is 1. The molecule has 1 aliphatic rings. The third kappa shape index (κ3) is 5.35. The third-order valence-corrected chi connectivity index (χ3v) is 5.81. The highest BCUT2D eigenvalue weighted by Crippen LogP contribution is 2.21. The summed E-state index contributed by atoms with van der Waals surface area (Å²) in [7, 11) is 0. The maximum Gasteiger partial charge on any atom is 0.230 e. The standard InChI is InChI=1S/C21H26N2OS/c1-17-8-2-5-11-20(17)25-16-21(24)22-14-18-9-3-4-10-19(18)15-23-12-6-7-13-23/h2-5,8-11H,6-7,12-16H2,1H3,(H,22,24). The van der Waals surface area contributed by atoms with Crippen molar-refractivity contribution >= 4 is 17.7 Å².